The lowest BCUT2D eigenvalue weighted by Crippen LogP contribution is -2.47. The van der Waals surface area contributed by atoms with Gasteiger partial charge in [-0.15, -0.1) is 0 Å². The first kappa shape index (κ1) is 14.8. The summed E-state index contributed by atoms with van der Waals surface area (Å²) >= 11 is 0. The van der Waals surface area contributed by atoms with Gasteiger partial charge in [0.25, 0.3) is 0 Å². The molecule has 0 bridgehead atoms. The topological polar surface area (TPSA) is 68.7 Å². The zero-order valence-corrected chi connectivity index (χ0v) is 12.6. The quantitative estimate of drug-likeness (QED) is 0.937. The summed E-state index contributed by atoms with van der Waals surface area (Å²) in [6.45, 7) is 4.57. The van der Waals surface area contributed by atoms with Gasteiger partial charge in [-0.3, -0.25) is 9.69 Å². The molecule has 5 nitrogen and oxygen atoms in total. The third-order valence-corrected chi connectivity index (χ3v) is 3.83. The average Bonchev–Trinajstić information content (AvgIpc) is 2.94. The van der Waals surface area contributed by atoms with Crippen LogP contribution in [0.5, 0.6) is 0 Å². The molecule has 22 heavy (non-hydrogen) atoms. The fourth-order valence-corrected chi connectivity index (χ4v) is 2.69. The molecule has 0 radical (unpaired) electrons. The van der Waals surface area contributed by atoms with Gasteiger partial charge in [0, 0.05) is 25.2 Å². The van der Waals surface area contributed by atoms with E-state index in [2.05, 4.69) is 17.0 Å². The fraction of sp³-hybridized carbons (Fsp3) is 0.353. The molecule has 1 aliphatic heterocycles. The van der Waals surface area contributed by atoms with Gasteiger partial charge in [-0.25, -0.2) is 0 Å². The minimum absolute atomic E-state index is 0.399. The van der Waals surface area contributed by atoms with Gasteiger partial charge in [0.15, 0.2) is 0 Å². The van der Waals surface area contributed by atoms with Crippen LogP contribution in [0.25, 0.3) is 11.3 Å². The predicted octanol–water partition coefficient (Wildman–Crippen LogP) is 1.94. The number of morpholine rings is 1. The molecule has 0 unspecified atom stereocenters. The number of amides is 1. The highest BCUT2D eigenvalue weighted by molar-refractivity contribution is 5.79. The van der Waals surface area contributed by atoms with E-state index in [-0.39, 0.29) is 0 Å². The van der Waals surface area contributed by atoms with E-state index in [0.717, 1.165) is 30.2 Å². The molecule has 2 heterocycles. The number of benzene rings is 1. The monoisotopic (exact) mass is 300 g/mol. The van der Waals surface area contributed by atoms with Gasteiger partial charge < -0.3 is 14.9 Å². The SMILES string of the molecule is Cc1ccc(-c2cccc(CN3CCO[C@H](C(N)=O)C3)c2)o1. The third-order valence-electron chi connectivity index (χ3n) is 3.83. The van der Waals surface area contributed by atoms with E-state index in [1.807, 2.05) is 31.2 Å². The van der Waals surface area contributed by atoms with E-state index in [1.54, 1.807) is 0 Å². The van der Waals surface area contributed by atoms with Crippen LogP contribution >= 0.6 is 0 Å². The molecule has 116 valence electrons. The summed E-state index contributed by atoms with van der Waals surface area (Å²) in [7, 11) is 0. The zero-order valence-electron chi connectivity index (χ0n) is 12.6. The van der Waals surface area contributed by atoms with Gasteiger partial charge >= 0.3 is 0 Å². The number of ether oxygens (including phenoxy) is 1. The Morgan fingerprint density at radius 3 is 2.95 bits per heavy atom. The van der Waals surface area contributed by atoms with Crippen molar-refractivity contribution in [2.45, 2.75) is 19.6 Å². The van der Waals surface area contributed by atoms with Crippen LogP contribution in [-0.2, 0) is 16.1 Å². The van der Waals surface area contributed by atoms with Crippen molar-refractivity contribution in [3.05, 3.63) is 47.7 Å². The molecule has 1 aromatic carbocycles. The Balaban J connectivity index is 1.71. The van der Waals surface area contributed by atoms with E-state index in [0.29, 0.717) is 13.2 Å². The number of carbonyl (C=O) groups excluding carboxylic acids is 1. The molecule has 1 aromatic heterocycles. The van der Waals surface area contributed by atoms with Crippen LogP contribution in [0.4, 0.5) is 0 Å². The molecule has 0 spiro atoms. The molecular formula is C17H20N2O3. The smallest absolute Gasteiger partial charge is 0.247 e. The van der Waals surface area contributed by atoms with Gasteiger partial charge in [-0.2, -0.15) is 0 Å². The minimum atomic E-state index is -0.510. The molecule has 1 fully saturated rings. The predicted molar refractivity (Wildman–Crippen MR) is 83.1 cm³/mol. The number of furan rings is 1. The summed E-state index contributed by atoms with van der Waals surface area (Å²) in [6.07, 6.45) is -0.510. The summed E-state index contributed by atoms with van der Waals surface area (Å²) in [5.74, 6) is 1.37. The van der Waals surface area contributed by atoms with Gasteiger partial charge in [0.1, 0.15) is 17.6 Å². The van der Waals surface area contributed by atoms with Crippen molar-refractivity contribution in [1.29, 1.82) is 0 Å². The standard InChI is InChI=1S/C17H20N2O3/c1-12-5-6-15(22-12)14-4-2-3-13(9-14)10-19-7-8-21-16(11-19)17(18)20/h2-6,9,16H,7-8,10-11H2,1H3,(H2,18,20)/t16-/m0/s1. The maximum Gasteiger partial charge on any atom is 0.247 e. The van der Waals surface area contributed by atoms with E-state index in [9.17, 15) is 4.79 Å². The second-order valence-corrected chi connectivity index (χ2v) is 5.61. The number of hydrogen-bond acceptors (Lipinski definition) is 4. The molecule has 2 N–H and O–H groups in total. The molecule has 1 saturated heterocycles. The molecule has 5 heteroatoms. The first-order valence-electron chi connectivity index (χ1n) is 7.41. The summed E-state index contributed by atoms with van der Waals surface area (Å²) in [5, 5.41) is 0. The van der Waals surface area contributed by atoms with Crippen LogP contribution in [0.1, 0.15) is 11.3 Å². The number of primary amides is 1. The highest BCUT2D eigenvalue weighted by Gasteiger charge is 2.24. The van der Waals surface area contributed by atoms with Gasteiger partial charge in [-0.05, 0) is 30.7 Å². The molecule has 2 aromatic rings. The van der Waals surface area contributed by atoms with Gasteiger partial charge in [0.2, 0.25) is 5.91 Å². The molecule has 0 saturated carbocycles. The first-order valence-corrected chi connectivity index (χ1v) is 7.41. The summed E-state index contributed by atoms with van der Waals surface area (Å²) in [4.78, 5) is 13.4. The number of carbonyl (C=O) groups is 1. The summed E-state index contributed by atoms with van der Waals surface area (Å²) in [5.41, 5.74) is 7.56. The largest absolute Gasteiger partial charge is 0.461 e. The molecule has 3 rings (SSSR count). The highest BCUT2D eigenvalue weighted by atomic mass is 16.5. The van der Waals surface area contributed by atoms with Crippen LogP contribution in [0.15, 0.2) is 40.8 Å². The molecule has 1 aliphatic rings. The lowest BCUT2D eigenvalue weighted by molar-refractivity contribution is -0.135. The Morgan fingerprint density at radius 1 is 1.36 bits per heavy atom. The van der Waals surface area contributed by atoms with Crippen LogP contribution in [0.3, 0.4) is 0 Å². The van der Waals surface area contributed by atoms with Crippen LogP contribution in [-0.4, -0.2) is 36.6 Å². The van der Waals surface area contributed by atoms with E-state index < -0.39 is 12.0 Å². The Hall–Kier alpha value is -2.11. The van der Waals surface area contributed by atoms with Gasteiger partial charge in [0.05, 0.1) is 6.61 Å². The number of nitrogens with two attached hydrogens (primary N) is 1. The van der Waals surface area contributed by atoms with Crippen molar-refractivity contribution in [2.24, 2.45) is 5.73 Å². The maximum absolute atomic E-state index is 11.3. The van der Waals surface area contributed by atoms with Crippen LogP contribution in [0.2, 0.25) is 0 Å². The maximum atomic E-state index is 11.3. The Labute approximate surface area is 129 Å². The number of aryl methyl sites for hydroxylation is 1. The number of nitrogens with zero attached hydrogens (tertiary/aromatic N) is 1. The lowest BCUT2D eigenvalue weighted by Gasteiger charge is -2.31. The van der Waals surface area contributed by atoms with Crippen molar-refractivity contribution in [2.75, 3.05) is 19.7 Å². The average molecular weight is 300 g/mol. The van der Waals surface area contributed by atoms with Crippen LogP contribution in [0, 0.1) is 6.92 Å². The molecule has 1 amide bonds. The lowest BCUT2D eigenvalue weighted by atomic mass is 10.1. The molecule has 1 atom stereocenters. The van der Waals surface area contributed by atoms with Crippen molar-refractivity contribution in [3.63, 3.8) is 0 Å². The zero-order chi connectivity index (χ0) is 15.5. The van der Waals surface area contributed by atoms with Crippen molar-refractivity contribution in [1.82, 2.24) is 4.90 Å². The molecule has 0 aliphatic carbocycles. The van der Waals surface area contributed by atoms with Crippen molar-refractivity contribution in [3.8, 4) is 11.3 Å². The Kier molecular flexibility index (Phi) is 4.27. The Morgan fingerprint density at radius 2 is 2.23 bits per heavy atom. The van der Waals surface area contributed by atoms with Crippen molar-refractivity contribution >= 4 is 5.91 Å². The minimum Gasteiger partial charge on any atom is -0.461 e. The number of hydrogen-bond donors (Lipinski definition) is 1. The summed E-state index contributed by atoms with van der Waals surface area (Å²) in [6, 6.07) is 12.2. The van der Waals surface area contributed by atoms with E-state index in [4.69, 9.17) is 14.9 Å². The van der Waals surface area contributed by atoms with Crippen molar-refractivity contribution < 1.29 is 13.9 Å². The van der Waals surface area contributed by atoms with Crippen LogP contribution < -0.4 is 5.73 Å². The van der Waals surface area contributed by atoms with E-state index >= 15 is 0 Å². The second kappa shape index (κ2) is 6.34. The first-order chi connectivity index (χ1) is 10.6. The van der Waals surface area contributed by atoms with E-state index in [1.165, 1.54) is 5.56 Å². The highest BCUT2D eigenvalue weighted by Crippen LogP contribution is 2.23. The normalized spacial score (nSPS) is 19.2. The Bertz CT molecular complexity index is 665. The van der Waals surface area contributed by atoms with Gasteiger partial charge in [-0.1, -0.05) is 18.2 Å². The molecular weight excluding hydrogens is 280 g/mol. The number of rotatable bonds is 4. The summed E-state index contributed by atoms with van der Waals surface area (Å²) < 4.78 is 11.0. The fourth-order valence-electron chi connectivity index (χ4n) is 2.69. The second-order valence-electron chi connectivity index (χ2n) is 5.61. The third kappa shape index (κ3) is 3.37.